The van der Waals surface area contributed by atoms with E-state index in [4.69, 9.17) is 4.74 Å². The average Bonchev–Trinajstić information content (AvgIpc) is 2.41. The monoisotopic (exact) mass is 293 g/mol. The van der Waals surface area contributed by atoms with E-state index in [0.29, 0.717) is 12.2 Å². The van der Waals surface area contributed by atoms with E-state index in [1.54, 1.807) is 32.9 Å². The average molecular weight is 293 g/mol. The number of carbonyl (C=O) groups excluding carboxylic acids is 1. The van der Waals surface area contributed by atoms with Crippen molar-refractivity contribution < 1.29 is 19.4 Å². The molecular formula is C16H23NO4. The molecule has 0 aliphatic carbocycles. The largest absolute Gasteiger partial charge is 0.481 e. The first-order valence-electron chi connectivity index (χ1n) is 7.00. The molecule has 5 heteroatoms. The number of hydrogen-bond acceptors (Lipinski definition) is 3. The first-order valence-corrected chi connectivity index (χ1v) is 7.00. The van der Waals surface area contributed by atoms with Gasteiger partial charge in [-0.1, -0.05) is 45.9 Å². The van der Waals surface area contributed by atoms with E-state index < -0.39 is 29.4 Å². The summed E-state index contributed by atoms with van der Waals surface area (Å²) >= 11 is 0. The molecule has 0 spiro atoms. The van der Waals surface area contributed by atoms with Gasteiger partial charge in [0, 0.05) is 0 Å². The summed E-state index contributed by atoms with van der Waals surface area (Å²) in [5.74, 6) is -0.878. The number of benzene rings is 1. The van der Waals surface area contributed by atoms with Gasteiger partial charge in [0.15, 0.2) is 6.10 Å². The molecule has 0 bridgehead atoms. The number of hydrogen-bond donors (Lipinski definition) is 2. The summed E-state index contributed by atoms with van der Waals surface area (Å²) in [5, 5.41) is 11.8. The predicted molar refractivity (Wildman–Crippen MR) is 80.2 cm³/mol. The highest BCUT2D eigenvalue weighted by Gasteiger charge is 2.34. The van der Waals surface area contributed by atoms with Gasteiger partial charge in [0.1, 0.15) is 11.8 Å². The molecule has 116 valence electrons. The number of carboxylic acids is 1. The fraction of sp³-hybridized carbons (Fsp3) is 0.500. The zero-order valence-corrected chi connectivity index (χ0v) is 12.9. The van der Waals surface area contributed by atoms with Crippen LogP contribution in [0.4, 0.5) is 0 Å². The Kier molecular flexibility index (Phi) is 5.76. The molecule has 5 nitrogen and oxygen atoms in total. The van der Waals surface area contributed by atoms with Gasteiger partial charge in [-0.25, -0.2) is 4.79 Å². The molecule has 21 heavy (non-hydrogen) atoms. The lowest BCUT2D eigenvalue weighted by Gasteiger charge is -2.29. The Balaban J connectivity index is 2.77. The number of carbonyl (C=O) groups is 2. The maximum absolute atomic E-state index is 12.2. The van der Waals surface area contributed by atoms with E-state index in [-0.39, 0.29) is 0 Å². The molecule has 0 heterocycles. The van der Waals surface area contributed by atoms with Crippen molar-refractivity contribution in [2.45, 2.75) is 46.3 Å². The molecule has 0 aliphatic heterocycles. The van der Waals surface area contributed by atoms with E-state index in [1.807, 2.05) is 25.1 Å². The smallest absolute Gasteiger partial charge is 0.326 e. The summed E-state index contributed by atoms with van der Waals surface area (Å²) < 4.78 is 5.61. The number of amides is 1. The van der Waals surface area contributed by atoms with Crippen LogP contribution >= 0.6 is 0 Å². The minimum Gasteiger partial charge on any atom is -0.481 e. The highest BCUT2D eigenvalue weighted by Crippen LogP contribution is 2.20. The standard InChI is InChI=1S/C16H23NO4/c1-5-12(21-11-9-7-6-8-10-11)14(18)17-13(15(19)20)16(2,3)4/h6-10,12-13H,5H2,1-4H3,(H,17,18)(H,19,20)/t12?,13-/m0/s1. The highest BCUT2D eigenvalue weighted by molar-refractivity contribution is 5.86. The molecule has 1 aromatic rings. The van der Waals surface area contributed by atoms with Gasteiger partial charge in [-0.05, 0) is 24.0 Å². The Labute approximate surface area is 125 Å². The summed E-state index contributed by atoms with van der Waals surface area (Å²) in [6.45, 7) is 7.13. The van der Waals surface area contributed by atoms with E-state index in [0.717, 1.165) is 0 Å². The third-order valence-electron chi connectivity index (χ3n) is 3.08. The molecule has 0 fully saturated rings. The van der Waals surface area contributed by atoms with Gasteiger partial charge < -0.3 is 15.2 Å². The molecule has 2 N–H and O–H groups in total. The van der Waals surface area contributed by atoms with E-state index in [1.165, 1.54) is 0 Å². The van der Waals surface area contributed by atoms with Crippen LogP contribution in [-0.4, -0.2) is 29.1 Å². The van der Waals surface area contributed by atoms with Crippen molar-refractivity contribution in [3.05, 3.63) is 30.3 Å². The molecule has 0 radical (unpaired) electrons. The molecular weight excluding hydrogens is 270 g/mol. The van der Waals surface area contributed by atoms with E-state index >= 15 is 0 Å². The summed E-state index contributed by atoms with van der Waals surface area (Å²) in [5.41, 5.74) is -0.577. The van der Waals surface area contributed by atoms with Crippen molar-refractivity contribution in [2.75, 3.05) is 0 Å². The Bertz CT molecular complexity index is 479. The van der Waals surface area contributed by atoms with Gasteiger partial charge in [0.25, 0.3) is 5.91 Å². The zero-order valence-electron chi connectivity index (χ0n) is 12.9. The number of para-hydroxylation sites is 1. The number of nitrogens with one attached hydrogen (secondary N) is 1. The minimum absolute atomic E-state index is 0.413. The van der Waals surface area contributed by atoms with Crippen LogP contribution in [-0.2, 0) is 9.59 Å². The first-order chi connectivity index (χ1) is 9.75. The second-order valence-corrected chi connectivity index (χ2v) is 5.97. The van der Waals surface area contributed by atoms with Crippen LogP contribution in [0.1, 0.15) is 34.1 Å². The van der Waals surface area contributed by atoms with E-state index in [9.17, 15) is 14.7 Å². The van der Waals surface area contributed by atoms with Crippen LogP contribution in [0.5, 0.6) is 5.75 Å². The fourth-order valence-electron chi connectivity index (χ4n) is 1.87. The van der Waals surface area contributed by atoms with Crippen molar-refractivity contribution in [2.24, 2.45) is 5.41 Å². The lowest BCUT2D eigenvalue weighted by molar-refractivity contribution is -0.146. The van der Waals surface area contributed by atoms with Crippen molar-refractivity contribution in [1.29, 1.82) is 0 Å². The molecule has 1 aromatic carbocycles. The molecule has 2 atom stereocenters. The van der Waals surface area contributed by atoms with Gasteiger partial charge in [0.05, 0.1) is 0 Å². The Morgan fingerprint density at radius 1 is 1.24 bits per heavy atom. The second kappa shape index (κ2) is 7.11. The maximum atomic E-state index is 12.2. The second-order valence-electron chi connectivity index (χ2n) is 5.97. The minimum atomic E-state index is -1.05. The number of rotatable bonds is 6. The van der Waals surface area contributed by atoms with Crippen molar-refractivity contribution >= 4 is 11.9 Å². The van der Waals surface area contributed by atoms with E-state index in [2.05, 4.69) is 5.32 Å². The molecule has 0 saturated heterocycles. The number of aliphatic carboxylic acids is 1. The quantitative estimate of drug-likeness (QED) is 0.844. The van der Waals surface area contributed by atoms with Crippen molar-refractivity contribution in [3.63, 3.8) is 0 Å². The van der Waals surface area contributed by atoms with Crippen LogP contribution < -0.4 is 10.1 Å². The molecule has 0 aromatic heterocycles. The number of carboxylic acid groups (broad SMARTS) is 1. The van der Waals surface area contributed by atoms with Gasteiger partial charge in [0.2, 0.25) is 0 Å². The Morgan fingerprint density at radius 2 is 1.81 bits per heavy atom. The highest BCUT2D eigenvalue weighted by atomic mass is 16.5. The maximum Gasteiger partial charge on any atom is 0.326 e. The molecule has 0 aliphatic rings. The molecule has 1 rings (SSSR count). The van der Waals surface area contributed by atoms with Crippen molar-refractivity contribution in [1.82, 2.24) is 5.32 Å². The van der Waals surface area contributed by atoms with Crippen LogP contribution in [0, 0.1) is 5.41 Å². The molecule has 1 amide bonds. The normalized spacial score (nSPS) is 14.1. The van der Waals surface area contributed by atoms with Crippen LogP contribution in [0.2, 0.25) is 0 Å². The van der Waals surface area contributed by atoms with Crippen molar-refractivity contribution in [3.8, 4) is 5.75 Å². The first kappa shape index (κ1) is 17.0. The van der Waals surface area contributed by atoms with Gasteiger partial charge in [-0.15, -0.1) is 0 Å². The lowest BCUT2D eigenvalue weighted by atomic mass is 9.86. The third kappa shape index (κ3) is 5.10. The van der Waals surface area contributed by atoms with Gasteiger partial charge >= 0.3 is 5.97 Å². The predicted octanol–water partition coefficient (Wildman–Crippen LogP) is 2.46. The van der Waals surface area contributed by atoms with Gasteiger partial charge in [-0.2, -0.15) is 0 Å². The summed E-state index contributed by atoms with van der Waals surface area (Å²) in [6.07, 6.45) is -0.256. The Morgan fingerprint density at radius 3 is 2.24 bits per heavy atom. The van der Waals surface area contributed by atoms with Crippen LogP contribution in [0.15, 0.2) is 30.3 Å². The molecule has 1 unspecified atom stereocenters. The summed E-state index contributed by atoms with van der Waals surface area (Å²) in [6, 6.07) is 8.04. The van der Waals surface area contributed by atoms with Gasteiger partial charge in [-0.3, -0.25) is 4.79 Å². The number of ether oxygens (including phenoxy) is 1. The Hall–Kier alpha value is -2.04. The SMILES string of the molecule is CCC(Oc1ccccc1)C(=O)N[C@@H](C(=O)O)C(C)(C)C. The summed E-state index contributed by atoms with van der Waals surface area (Å²) in [7, 11) is 0. The van der Waals surface area contributed by atoms with Crippen LogP contribution in [0.3, 0.4) is 0 Å². The third-order valence-corrected chi connectivity index (χ3v) is 3.08. The lowest BCUT2D eigenvalue weighted by Crippen LogP contribution is -2.52. The topological polar surface area (TPSA) is 75.6 Å². The summed E-state index contributed by atoms with van der Waals surface area (Å²) in [4.78, 5) is 23.5. The zero-order chi connectivity index (χ0) is 16.0. The fourth-order valence-corrected chi connectivity index (χ4v) is 1.87. The molecule has 0 saturated carbocycles. The van der Waals surface area contributed by atoms with Crippen LogP contribution in [0.25, 0.3) is 0 Å².